The fourth-order valence-electron chi connectivity index (χ4n) is 3.67. The number of hydrogen-bond acceptors (Lipinski definition) is 0. The van der Waals surface area contributed by atoms with Crippen molar-refractivity contribution in [2.75, 3.05) is 13.3 Å². The molecule has 0 nitrogen and oxygen atoms in total. The van der Waals surface area contributed by atoms with Gasteiger partial charge in [0.2, 0.25) is 0 Å². The van der Waals surface area contributed by atoms with Gasteiger partial charge in [0.25, 0.3) is 0 Å². The van der Waals surface area contributed by atoms with Gasteiger partial charge in [-0.2, -0.15) is 0 Å². The minimum absolute atomic E-state index is 0.739. The van der Waals surface area contributed by atoms with E-state index in [0.29, 0.717) is 0 Å². The largest absolute Gasteiger partial charge is 0.122 e. The van der Waals surface area contributed by atoms with Crippen LogP contribution in [0.3, 0.4) is 0 Å². The highest BCUT2D eigenvalue weighted by Gasteiger charge is 2.38. The molecule has 1 aliphatic rings. The molecule has 96 valence electrons. The normalized spacial score (nSPS) is 30.8. The van der Waals surface area contributed by atoms with Gasteiger partial charge in [-0.1, -0.05) is 26.7 Å². The quantitative estimate of drug-likeness (QED) is 0.582. The summed E-state index contributed by atoms with van der Waals surface area (Å²) >= 11 is 0. The Balaban J connectivity index is 2.71. The van der Waals surface area contributed by atoms with Gasteiger partial charge in [-0.3, -0.25) is 0 Å². The minimum Gasteiger partial charge on any atom is -0.122 e. The highest BCUT2D eigenvalue weighted by atomic mass is 31.1. The van der Waals surface area contributed by atoms with E-state index in [1.807, 2.05) is 0 Å². The Bertz CT molecular complexity index is 171. The third-order valence-corrected chi connectivity index (χ3v) is 6.82. The summed E-state index contributed by atoms with van der Waals surface area (Å²) in [6, 6.07) is 0. The molecular formula is C14H30P2. The first-order valence-electron chi connectivity index (χ1n) is 7.04. The van der Waals surface area contributed by atoms with Crippen molar-refractivity contribution in [3.63, 3.8) is 0 Å². The van der Waals surface area contributed by atoms with Gasteiger partial charge in [0, 0.05) is 0 Å². The lowest BCUT2D eigenvalue weighted by atomic mass is 9.68. The number of rotatable bonds is 6. The maximum Gasteiger partial charge on any atom is -0.0228 e. The van der Waals surface area contributed by atoms with E-state index in [0.717, 1.165) is 16.7 Å². The van der Waals surface area contributed by atoms with Crippen molar-refractivity contribution in [3.05, 3.63) is 0 Å². The summed E-state index contributed by atoms with van der Waals surface area (Å²) in [6.07, 6.45) is 10.4. The van der Waals surface area contributed by atoms with E-state index in [-0.39, 0.29) is 0 Å². The molecule has 0 aromatic rings. The average molecular weight is 260 g/mol. The molecule has 4 atom stereocenters. The molecule has 0 saturated heterocycles. The van der Waals surface area contributed by atoms with Gasteiger partial charge < -0.3 is 0 Å². The second-order valence-corrected chi connectivity index (χ2v) is 8.40. The van der Waals surface area contributed by atoms with Gasteiger partial charge in [-0.25, -0.2) is 0 Å². The summed E-state index contributed by atoms with van der Waals surface area (Å²) in [6.45, 7) is 9.60. The molecule has 2 heteroatoms. The van der Waals surface area contributed by atoms with Crippen LogP contribution in [0.25, 0.3) is 0 Å². The standard InChI is InChI=1S/C14H30P2/c1-5-7-14(8-6-2)10-12(15-3)9-13(11-14)16-4/h12-13,15-16H,5-11H2,1-4H3. The molecule has 1 rings (SSSR count). The minimum atomic E-state index is 0.739. The predicted molar refractivity (Wildman–Crippen MR) is 82.2 cm³/mol. The third-order valence-electron chi connectivity index (χ3n) is 4.31. The second-order valence-electron chi connectivity index (χ2n) is 5.62. The Labute approximate surface area is 106 Å². The van der Waals surface area contributed by atoms with Crippen molar-refractivity contribution in [1.82, 2.24) is 0 Å². The molecule has 0 aliphatic heterocycles. The van der Waals surface area contributed by atoms with Crippen LogP contribution in [0.4, 0.5) is 0 Å². The average Bonchev–Trinajstić information content (AvgIpc) is 2.29. The van der Waals surface area contributed by atoms with Gasteiger partial charge in [-0.15, -0.1) is 17.2 Å². The lowest BCUT2D eigenvalue weighted by molar-refractivity contribution is 0.161. The van der Waals surface area contributed by atoms with Gasteiger partial charge in [0.05, 0.1) is 0 Å². The molecule has 16 heavy (non-hydrogen) atoms. The van der Waals surface area contributed by atoms with E-state index in [1.165, 1.54) is 42.8 Å². The van der Waals surface area contributed by atoms with Crippen LogP contribution < -0.4 is 0 Å². The van der Waals surface area contributed by atoms with E-state index < -0.39 is 0 Å². The topological polar surface area (TPSA) is 0 Å². The zero-order chi connectivity index (χ0) is 12.0. The Morgan fingerprint density at radius 1 is 0.938 bits per heavy atom. The smallest absolute Gasteiger partial charge is 0.0228 e. The zero-order valence-corrected chi connectivity index (χ0v) is 13.6. The van der Waals surface area contributed by atoms with E-state index in [4.69, 9.17) is 0 Å². The molecule has 1 fully saturated rings. The first kappa shape index (κ1) is 14.9. The Kier molecular flexibility index (Phi) is 6.83. The van der Waals surface area contributed by atoms with Crippen molar-refractivity contribution < 1.29 is 0 Å². The Morgan fingerprint density at radius 2 is 1.38 bits per heavy atom. The predicted octanol–water partition coefficient (Wildman–Crippen LogP) is 5.11. The molecule has 0 spiro atoms. The van der Waals surface area contributed by atoms with Crippen LogP contribution in [0.1, 0.15) is 58.8 Å². The summed E-state index contributed by atoms with van der Waals surface area (Å²) in [5.74, 6) is 0. The highest BCUT2D eigenvalue weighted by molar-refractivity contribution is 7.39. The van der Waals surface area contributed by atoms with Crippen LogP contribution in [0.15, 0.2) is 0 Å². The van der Waals surface area contributed by atoms with Crippen molar-refractivity contribution in [3.8, 4) is 0 Å². The van der Waals surface area contributed by atoms with Crippen LogP contribution in [-0.4, -0.2) is 24.6 Å². The van der Waals surface area contributed by atoms with Crippen molar-refractivity contribution in [2.45, 2.75) is 70.1 Å². The maximum atomic E-state index is 2.43. The summed E-state index contributed by atoms with van der Waals surface area (Å²) in [4.78, 5) is 0. The lowest BCUT2D eigenvalue weighted by Crippen LogP contribution is -2.35. The molecule has 0 radical (unpaired) electrons. The van der Waals surface area contributed by atoms with Crippen LogP contribution in [0.5, 0.6) is 0 Å². The van der Waals surface area contributed by atoms with E-state index >= 15 is 0 Å². The first-order valence-corrected chi connectivity index (χ1v) is 10.2. The zero-order valence-electron chi connectivity index (χ0n) is 11.6. The molecule has 0 bridgehead atoms. The number of hydrogen-bond donors (Lipinski definition) is 0. The van der Waals surface area contributed by atoms with Crippen molar-refractivity contribution in [2.24, 2.45) is 5.41 Å². The second kappa shape index (κ2) is 7.33. The van der Waals surface area contributed by atoms with Crippen LogP contribution in [0, 0.1) is 5.41 Å². The third kappa shape index (κ3) is 3.96. The molecule has 0 aromatic carbocycles. The SMILES string of the molecule is CCCC1(CCC)CC(PC)CC(PC)C1. The van der Waals surface area contributed by atoms with Crippen molar-refractivity contribution in [1.29, 1.82) is 0 Å². The summed E-state index contributed by atoms with van der Waals surface area (Å²) in [5.41, 5.74) is 2.86. The fourth-order valence-corrected chi connectivity index (χ4v) is 6.22. The molecular weight excluding hydrogens is 230 g/mol. The monoisotopic (exact) mass is 260 g/mol. The molecule has 4 unspecified atom stereocenters. The van der Waals surface area contributed by atoms with Crippen LogP contribution >= 0.6 is 17.2 Å². The van der Waals surface area contributed by atoms with Crippen LogP contribution in [-0.2, 0) is 0 Å². The maximum absolute atomic E-state index is 2.43. The molecule has 0 heterocycles. The Hall–Kier alpha value is 0.860. The summed E-state index contributed by atoms with van der Waals surface area (Å²) in [7, 11) is 2.35. The molecule has 1 aliphatic carbocycles. The van der Waals surface area contributed by atoms with Crippen LogP contribution in [0.2, 0.25) is 0 Å². The Morgan fingerprint density at radius 3 is 1.69 bits per heavy atom. The molecule has 0 aromatic heterocycles. The molecule has 0 N–H and O–H groups in total. The lowest BCUT2D eigenvalue weighted by Gasteiger charge is -2.45. The van der Waals surface area contributed by atoms with E-state index in [9.17, 15) is 0 Å². The van der Waals surface area contributed by atoms with Gasteiger partial charge in [0.1, 0.15) is 0 Å². The van der Waals surface area contributed by atoms with Gasteiger partial charge >= 0.3 is 0 Å². The first-order chi connectivity index (χ1) is 7.69. The molecule has 0 amide bonds. The van der Waals surface area contributed by atoms with E-state index in [2.05, 4.69) is 27.2 Å². The van der Waals surface area contributed by atoms with Gasteiger partial charge in [0.15, 0.2) is 0 Å². The highest BCUT2D eigenvalue weighted by Crippen LogP contribution is 2.51. The van der Waals surface area contributed by atoms with Gasteiger partial charge in [-0.05, 0) is 62.2 Å². The van der Waals surface area contributed by atoms with Crippen molar-refractivity contribution >= 4 is 17.2 Å². The molecule has 1 saturated carbocycles. The fraction of sp³-hybridized carbons (Fsp3) is 1.00. The summed E-state index contributed by atoms with van der Waals surface area (Å²) < 4.78 is 0. The van der Waals surface area contributed by atoms with E-state index in [1.54, 1.807) is 19.3 Å². The summed E-state index contributed by atoms with van der Waals surface area (Å²) in [5, 5.41) is 0.